The van der Waals surface area contributed by atoms with Crippen LogP contribution in [0.15, 0.2) is 0 Å². The largest absolute Gasteiger partial charge is 0.352 e. The number of likely N-dealkylation sites (N-methyl/N-ethyl adjacent to an activating group) is 1. The Morgan fingerprint density at radius 2 is 1.50 bits per heavy atom. The molecule has 2 heterocycles. The van der Waals surface area contributed by atoms with Crippen molar-refractivity contribution in [2.45, 2.75) is 82.3 Å². The first-order valence-corrected chi connectivity index (χ1v) is 10.6. The highest BCUT2D eigenvalue weighted by molar-refractivity contribution is 5.89. The summed E-state index contributed by atoms with van der Waals surface area (Å²) in [5, 5.41) is 8.63. The van der Waals surface area contributed by atoms with Crippen LogP contribution in [0.25, 0.3) is 0 Å². The van der Waals surface area contributed by atoms with Crippen LogP contribution in [0.1, 0.15) is 64.2 Å². The molecular weight excluding hydrogens is 360 g/mol. The molecule has 0 bridgehead atoms. The van der Waals surface area contributed by atoms with Gasteiger partial charge in [0.25, 0.3) is 0 Å². The second-order valence-electron chi connectivity index (χ2n) is 8.47. The monoisotopic (exact) mass is 392 g/mol. The van der Waals surface area contributed by atoms with Crippen LogP contribution in [0.4, 0.5) is 0 Å². The van der Waals surface area contributed by atoms with E-state index in [1.54, 1.807) is 4.90 Å². The van der Waals surface area contributed by atoms with Crippen molar-refractivity contribution in [3.05, 3.63) is 0 Å². The quantitative estimate of drug-likeness (QED) is 0.632. The van der Waals surface area contributed by atoms with Crippen molar-refractivity contribution in [3.8, 4) is 0 Å². The molecule has 2 atom stereocenters. The molecule has 0 aromatic carbocycles. The lowest BCUT2D eigenvalue weighted by molar-refractivity contribution is -0.137. The summed E-state index contributed by atoms with van der Waals surface area (Å²) in [5.41, 5.74) is 0. The number of hydrogen-bond acceptors (Lipinski definition) is 4. The van der Waals surface area contributed by atoms with E-state index < -0.39 is 6.04 Å². The van der Waals surface area contributed by atoms with Crippen LogP contribution in [-0.4, -0.2) is 60.2 Å². The van der Waals surface area contributed by atoms with Gasteiger partial charge in [0.15, 0.2) is 0 Å². The lowest BCUT2D eigenvalue weighted by Crippen LogP contribution is -2.52. The van der Waals surface area contributed by atoms with Crippen LogP contribution >= 0.6 is 0 Å². The fourth-order valence-electron chi connectivity index (χ4n) is 4.53. The second kappa shape index (κ2) is 9.39. The summed E-state index contributed by atoms with van der Waals surface area (Å²) in [6.45, 7) is 0.685. The standard InChI is InChI=1S/C20H32N4O4/c1-24(20(28)16-5-3-7-18(26)23-16)12-13-8-10-14(11-9-13)21-19(27)15-4-2-6-17(25)22-15/h13-16H,2-12H2,1H3,(H,21,27)(H,22,25)(H,23,26)/t13?,14?,15-,16-/m1/s1. The maximum atomic E-state index is 12.5. The topological polar surface area (TPSA) is 108 Å². The van der Waals surface area contributed by atoms with Gasteiger partial charge < -0.3 is 20.9 Å². The molecule has 156 valence electrons. The van der Waals surface area contributed by atoms with Gasteiger partial charge in [0.2, 0.25) is 23.6 Å². The van der Waals surface area contributed by atoms with Crippen LogP contribution < -0.4 is 16.0 Å². The summed E-state index contributed by atoms with van der Waals surface area (Å²) in [4.78, 5) is 49.6. The number of piperidine rings is 2. The Morgan fingerprint density at radius 1 is 0.929 bits per heavy atom. The first-order chi connectivity index (χ1) is 13.4. The Kier molecular flexibility index (Phi) is 6.91. The molecule has 2 saturated heterocycles. The predicted octanol–water partition coefficient (Wildman–Crippen LogP) is 0.457. The summed E-state index contributed by atoms with van der Waals surface area (Å²) in [5.74, 6) is 0.254. The van der Waals surface area contributed by atoms with Crippen molar-refractivity contribution in [1.82, 2.24) is 20.9 Å². The first-order valence-electron chi connectivity index (χ1n) is 10.6. The van der Waals surface area contributed by atoms with E-state index in [1.165, 1.54) is 0 Å². The summed E-state index contributed by atoms with van der Waals surface area (Å²) < 4.78 is 0. The van der Waals surface area contributed by atoms with E-state index in [0.29, 0.717) is 38.1 Å². The van der Waals surface area contributed by atoms with Crippen LogP contribution in [0.5, 0.6) is 0 Å². The number of amides is 4. The fourth-order valence-corrected chi connectivity index (χ4v) is 4.53. The van der Waals surface area contributed by atoms with Crippen molar-refractivity contribution in [2.75, 3.05) is 13.6 Å². The number of nitrogens with one attached hydrogen (secondary N) is 3. The van der Waals surface area contributed by atoms with Crippen molar-refractivity contribution in [2.24, 2.45) is 5.92 Å². The van der Waals surface area contributed by atoms with Crippen LogP contribution in [0.2, 0.25) is 0 Å². The van der Waals surface area contributed by atoms with E-state index in [0.717, 1.165) is 38.5 Å². The molecule has 3 rings (SSSR count). The maximum absolute atomic E-state index is 12.5. The van der Waals surface area contributed by atoms with Gasteiger partial charge in [-0.2, -0.15) is 0 Å². The molecule has 1 saturated carbocycles. The highest BCUT2D eigenvalue weighted by Crippen LogP contribution is 2.25. The normalized spacial score (nSPS) is 30.8. The smallest absolute Gasteiger partial charge is 0.244 e. The van der Waals surface area contributed by atoms with E-state index in [4.69, 9.17) is 0 Å². The molecule has 8 heteroatoms. The zero-order chi connectivity index (χ0) is 20.1. The summed E-state index contributed by atoms with van der Waals surface area (Å²) >= 11 is 0. The van der Waals surface area contributed by atoms with Crippen LogP contribution in [0, 0.1) is 5.92 Å². The second-order valence-corrected chi connectivity index (χ2v) is 8.47. The molecule has 2 aliphatic heterocycles. The van der Waals surface area contributed by atoms with Gasteiger partial charge in [-0.1, -0.05) is 0 Å². The number of hydrogen-bond donors (Lipinski definition) is 3. The Labute approximate surface area is 166 Å². The number of carbonyl (C=O) groups excluding carboxylic acids is 4. The molecule has 0 spiro atoms. The molecule has 28 heavy (non-hydrogen) atoms. The SMILES string of the molecule is CN(CC1CCC(NC(=O)[C@H]2CCCC(=O)N2)CC1)C(=O)[C@H]1CCCC(=O)N1. The lowest BCUT2D eigenvalue weighted by atomic mass is 9.85. The minimum Gasteiger partial charge on any atom is -0.352 e. The zero-order valence-electron chi connectivity index (χ0n) is 16.7. The molecule has 1 aliphatic carbocycles. The molecule has 4 amide bonds. The third-order valence-corrected chi connectivity index (χ3v) is 6.18. The number of rotatable bonds is 5. The highest BCUT2D eigenvalue weighted by Gasteiger charge is 2.31. The van der Waals surface area contributed by atoms with Crippen molar-refractivity contribution in [3.63, 3.8) is 0 Å². The molecule has 0 aromatic heterocycles. The zero-order valence-corrected chi connectivity index (χ0v) is 16.7. The summed E-state index contributed by atoms with van der Waals surface area (Å²) in [6.07, 6.45) is 7.65. The van der Waals surface area contributed by atoms with Crippen molar-refractivity contribution < 1.29 is 19.2 Å². The van der Waals surface area contributed by atoms with Gasteiger partial charge in [-0.05, 0) is 57.3 Å². The van der Waals surface area contributed by atoms with E-state index in [2.05, 4.69) is 16.0 Å². The van der Waals surface area contributed by atoms with Gasteiger partial charge in [0, 0.05) is 32.5 Å². The minimum absolute atomic E-state index is 0.00323. The predicted molar refractivity (Wildman–Crippen MR) is 103 cm³/mol. The average molecular weight is 393 g/mol. The van der Waals surface area contributed by atoms with Crippen LogP contribution in [0.3, 0.4) is 0 Å². The molecule has 8 nitrogen and oxygen atoms in total. The highest BCUT2D eigenvalue weighted by atomic mass is 16.2. The average Bonchev–Trinajstić information content (AvgIpc) is 2.69. The Bertz CT molecular complexity index is 615. The van der Waals surface area contributed by atoms with Gasteiger partial charge in [-0.15, -0.1) is 0 Å². The third-order valence-electron chi connectivity index (χ3n) is 6.18. The van der Waals surface area contributed by atoms with Gasteiger partial charge in [-0.25, -0.2) is 0 Å². The molecule has 0 unspecified atom stereocenters. The van der Waals surface area contributed by atoms with E-state index in [1.807, 2.05) is 7.05 Å². The van der Waals surface area contributed by atoms with Gasteiger partial charge in [-0.3, -0.25) is 19.2 Å². The lowest BCUT2D eigenvalue weighted by Gasteiger charge is -2.34. The van der Waals surface area contributed by atoms with Gasteiger partial charge >= 0.3 is 0 Å². The van der Waals surface area contributed by atoms with E-state index in [-0.39, 0.29) is 35.7 Å². The fraction of sp³-hybridized carbons (Fsp3) is 0.800. The molecule has 3 fully saturated rings. The van der Waals surface area contributed by atoms with Crippen molar-refractivity contribution >= 4 is 23.6 Å². The molecule has 0 radical (unpaired) electrons. The Morgan fingerprint density at radius 3 is 2.11 bits per heavy atom. The number of nitrogens with zero attached hydrogens (tertiary/aromatic N) is 1. The van der Waals surface area contributed by atoms with E-state index in [9.17, 15) is 19.2 Å². The third kappa shape index (κ3) is 5.45. The van der Waals surface area contributed by atoms with Crippen LogP contribution in [-0.2, 0) is 19.2 Å². The van der Waals surface area contributed by atoms with Gasteiger partial charge in [0.1, 0.15) is 12.1 Å². The Hall–Kier alpha value is -2.12. The van der Waals surface area contributed by atoms with Crippen molar-refractivity contribution in [1.29, 1.82) is 0 Å². The summed E-state index contributed by atoms with van der Waals surface area (Å²) in [6, 6.07) is -0.637. The number of carbonyl (C=O) groups is 4. The molecule has 3 aliphatic rings. The molecular formula is C20H32N4O4. The van der Waals surface area contributed by atoms with E-state index >= 15 is 0 Å². The first kappa shape index (κ1) is 20.6. The molecule has 3 N–H and O–H groups in total. The Balaban J connectivity index is 1.38. The maximum Gasteiger partial charge on any atom is 0.244 e. The van der Waals surface area contributed by atoms with Gasteiger partial charge in [0.05, 0.1) is 0 Å². The summed E-state index contributed by atoms with van der Waals surface area (Å²) in [7, 11) is 1.81. The molecule has 0 aromatic rings. The minimum atomic E-state index is -0.395.